The lowest BCUT2D eigenvalue weighted by molar-refractivity contribution is -0.0499. The largest absolute Gasteiger partial charge is 0.534 e. The van der Waals surface area contributed by atoms with E-state index in [1.807, 2.05) is 30.3 Å². The minimum Gasteiger partial charge on any atom is -0.375 e. The minimum absolute atomic E-state index is 0.248. The van der Waals surface area contributed by atoms with Crippen LogP contribution in [-0.2, 0) is 16.5 Å². The number of benzene rings is 3. The number of fused-ring (bicyclic) bond motifs is 4. The van der Waals surface area contributed by atoms with Crippen LogP contribution in [0.2, 0.25) is 0 Å². The molecule has 7 heteroatoms. The van der Waals surface area contributed by atoms with Crippen LogP contribution in [0.1, 0.15) is 11.1 Å². The number of hydrogen-bond acceptors (Lipinski definition) is 3. The summed E-state index contributed by atoms with van der Waals surface area (Å²) < 4.78 is 66.2. The van der Waals surface area contributed by atoms with Crippen molar-refractivity contribution in [3.8, 4) is 16.9 Å². The zero-order valence-electron chi connectivity index (χ0n) is 12.7. The predicted molar refractivity (Wildman–Crippen MR) is 87.8 cm³/mol. The lowest BCUT2D eigenvalue weighted by Gasteiger charge is -2.15. The first-order valence-electron chi connectivity index (χ1n) is 7.41. The molecule has 0 heterocycles. The van der Waals surface area contributed by atoms with Gasteiger partial charge in [0.15, 0.2) is 5.75 Å². The second-order valence-corrected chi connectivity index (χ2v) is 7.31. The Kier molecular flexibility index (Phi) is 3.34. The monoisotopic (exact) mass is 364 g/mol. The van der Waals surface area contributed by atoms with Crippen molar-refractivity contribution in [1.29, 1.82) is 0 Å². The molecule has 1 aliphatic carbocycles. The summed E-state index contributed by atoms with van der Waals surface area (Å²) in [6.45, 7) is 0. The van der Waals surface area contributed by atoms with Crippen molar-refractivity contribution in [2.45, 2.75) is 11.9 Å². The highest BCUT2D eigenvalue weighted by Gasteiger charge is 2.49. The standard InChI is InChI=1S/C18H11F3O3S/c19-18(20,21)25(22,23)24-17-14-8-4-2-6-12(14)9-15-13-7-3-1-5-11(13)10-16(15)17/h1-9H,10H2. The van der Waals surface area contributed by atoms with E-state index in [1.165, 1.54) is 0 Å². The van der Waals surface area contributed by atoms with Crippen LogP contribution in [0.4, 0.5) is 13.2 Å². The van der Waals surface area contributed by atoms with Crippen LogP contribution in [0.15, 0.2) is 54.6 Å². The Morgan fingerprint density at radius 1 is 0.920 bits per heavy atom. The quantitative estimate of drug-likeness (QED) is 0.384. The van der Waals surface area contributed by atoms with Crippen molar-refractivity contribution in [3.05, 3.63) is 65.7 Å². The highest BCUT2D eigenvalue weighted by Crippen LogP contribution is 2.46. The average molecular weight is 364 g/mol. The second kappa shape index (κ2) is 5.23. The normalized spacial score (nSPS) is 13.6. The van der Waals surface area contributed by atoms with Gasteiger partial charge in [0.25, 0.3) is 0 Å². The molecule has 0 fully saturated rings. The molecule has 0 amide bonds. The zero-order valence-corrected chi connectivity index (χ0v) is 13.5. The molecule has 0 bridgehead atoms. The fourth-order valence-corrected chi connectivity index (χ4v) is 3.66. The molecule has 1 aliphatic rings. The van der Waals surface area contributed by atoms with Crippen molar-refractivity contribution in [2.75, 3.05) is 0 Å². The molecule has 3 aromatic rings. The van der Waals surface area contributed by atoms with E-state index in [0.717, 1.165) is 11.1 Å². The molecule has 0 radical (unpaired) electrons. The fraction of sp³-hybridized carbons (Fsp3) is 0.111. The highest BCUT2D eigenvalue weighted by molar-refractivity contribution is 7.88. The molecule has 0 aliphatic heterocycles. The first-order valence-corrected chi connectivity index (χ1v) is 8.82. The van der Waals surface area contributed by atoms with Crippen LogP contribution in [0.25, 0.3) is 21.9 Å². The molecular weight excluding hydrogens is 353 g/mol. The van der Waals surface area contributed by atoms with Crippen molar-refractivity contribution in [2.24, 2.45) is 0 Å². The third kappa shape index (κ3) is 2.46. The maximum Gasteiger partial charge on any atom is 0.534 e. The Balaban J connectivity index is 2.00. The first-order chi connectivity index (χ1) is 11.8. The Morgan fingerprint density at radius 2 is 1.60 bits per heavy atom. The highest BCUT2D eigenvalue weighted by atomic mass is 32.2. The molecule has 0 saturated carbocycles. The lowest BCUT2D eigenvalue weighted by atomic mass is 9.99. The molecule has 0 spiro atoms. The van der Waals surface area contributed by atoms with Crippen LogP contribution < -0.4 is 4.18 Å². The fourth-order valence-electron chi connectivity index (χ4n) is 3.15. The smallest absolute Gasteiger partial charge is 0.375 e. The maximum atomic E-state index is 12.8. The molecule has 25 heavy (non-hydrogen) atoms. The van der Waals surface area contributed by atoms with Gasteiger partial charge in [-0.3, -0.25) is 0 Å². The van der Waals surface area contributed by atoms with Crippen molar-refractivity contribution in [3.63, 3.8) is 0 Å². The summed E-state index contributed by atoms with van der Waals surface area (Å²) in [7, 11) is -5.75. The van der Waals surface area contributed by atoms with Crippen molar-refractivity contribution < 1.29 is 25.8 Å². The second-order valence-electron chi connectivity index (χ2n) is 5.77. The molecule has 0 aromatic heterocycles. The summed E-state index contributed by atoms with van der Waals surface area (Å²) >= 11 is 0. The van der Waals surface area contributed by atoms with Gasteiger partial charge in [-0.2, -0.15) is 21.6 Å². The SMILES string of the molecule is O=S(=O)(Oc1c2c(cc3ccccc13)-c1ccccc1C2)C(F)(F)F. The van der Waals surface area contributed by atoms with Crippen LogP contribution in [0.5, 0.6) is 5.75 Å². The first kappa shape index (κ1) is 16.0. The summed E-state index contributed by atoms with van der Waals surface area (Å²) in [4.78, 5) is 0. The number of rotatable bonds is 2. The molecule has 4 rings (SSSR count). The lowest BCUT2D eigenvalue weighted by Crippen LogP contribution is -2.28. The average Bonchev–Trinajstić information content (AvgIpc) is 2.92. The van der Waals surface area contributed by atoms with Crippen molar-refractivity contribution in [1.82, 2.24) is 0 Å². The van der Waals surface area contributed by atoms with Crippen LogP contribution >= 0.6 is 0 Å². The Bertz CT molecular complexity index is 1100. The van der Waals surface area contributed by atoms with Gasteiger partial charge < -0.3 is 4.18 Å². The number of halogens is 3. The van der Waals surface area contributed by atoms with Gasteiger partial charge in [0.2, 0.25) is 0 Å². The molecular formula is C18H11F3O3S. The molecule has 0 atom stereocenters. The van der Waals surface area contributed by atoms with Crippen LogP contribution in [0.3, 0.4) is 0 Å². The van der Waals surface area contributed by atoms with Gasteiger partial charge in [-0.1, -0.05) is 48.5 Å². The Labute approximate surface area is 141 Å². The summed E-state index contributed by atoms with van der Waals surface area (Å²) in [5.74, 6) is -0.248. The van der Waals surface area contributed by atoms with E-state index in [2.05, 4.69) is 4.18 Å². The van der Waals surface area contributed by atoms with Gasteiger partial charge in [0.05, 0.1) is 0 Å². The molecule has 3 aromatic carbocycles. The molecule has 0 saturated heterocycles. The summed E-state index contributed by atoms with van der Waals surface area (Å²) in [5.41, 5.74) is -2.54. The molecule has 128 valence electrons. The maximum absolute atomic E-state index is 12.8. The number of hydrogen-bond donors (Lipinski definition) is 0. The molecule has 0 N–H and O–H groups in total. The predicted octanol–water partition coefficient (Wildman–Crippen LogP) is 4.64. The Morgan fingerprint density at radius 3 is 2.36 bits per heavy atom. The third-order valence-corrected chi connectivity index (χ3v) is 5.21. The topological polar surface area (TPSA) is 43.4 Å². The zero-order chi connectivity index (χ0) is 17.8. The number of alkyl halides is 3. The summed E-state index contributed by atoms with van der Waals surface area (Å²) in [6, 6.07) is 15.9. The van der Waals surface area contributed by atoms with Gasteiger partial charge in [-0.05, 0) is 28.1 Å². The van der Waals surface area contributed by atoms with Crippen molar-refractivity contribution >= 4 is 20.9 Å². The van der Waals surface area contributed by atoms with Crippen LogP contribution in [0, 0.1) is 0 Å². The minimum atomic E-state index is -5.75. The van der Waals surface area contributed by atoms with Gasteiger partial charge in [-0.25, -0.2) is 0 Å². The van der Waals surface area contributed by atoms with Crippen LogP contribution in [-0.4, -0.2) is 13.9 Å². The molecule has 0 unspecified atom stereocenters. The van der Waals surface area contributed by atoms with E-state index >= 15 is 0 Å². The third-order valence-electron chi connectivity index (χ3n) is 4.26. The van der Waals surface area contributed by atoms with E-state index in [-0.39, 0.29) is 5.75 Å². The van der Waals surface area contributed by atoms with Gasteiger partial charge in [-0.15, -0.1) is 0 Å². The van der Waals surface area contributed by atoms with Gasteiger partial charge in [0.1, 0.15) is 0 Å². The summed E-state index contributed by atoms with van der Waals surface area (Å²) in [6.07, 6.45) is 0.319. The van der Waals surface area contributed by atoms with E-state index in [0.29, 0.717) is 28.3 Å². The van der Waals surface area contributed by atoms with Gasteiger partial charge >= 0.3 is 15.6 Å². The van der Waals surface area contributed by atoms with Gasteiger partial charge in [0, 0.05) is 17.4 Å². The van der Waals surface area contributed by atoms with E-state index in [4.69, 9.17) is 0 Å². The summed E-state index contributed by atoms with van der Waals surface area (Å²) in [5, 5.41) is 0.951. The van der Waals surface area contributed by atoms with E-state index < -0.39 is 15.6 Å². The van der Waals surface area contributed by atoms with E-state index in [1.54, 1.807) is 24.3 Å². The molecule has 3 nitrogen and oxygen atoms in total. The Hall–Kier alpha value is -2.54. The van der Waals surface area contributed by atoms with E-state index in [9.17, 15) is 21.6 Å².